The van der Waals surface area contributed by atoms with Crippen LogP contribution in [0.2, 0.25) is 0 Å². The highest BCUT2D eigenvalue weighted by molar-refractivity contribution is 7.92. The van der Waals surface area contributed by atoms with Crippen LogP contribution in [-0.4, -0.2) is 19.7 Å². The molecule has 0 saturated heterocycles. The number of nitro benzene ring substituents is 1. The number of alkyl halides is 3. The third kappa shape index (κ3) is 4.83. The number of ether oxygens (including phenoxy) is 1. The van der Waals surface area contributed by atoms with Gasteiger partial charge in [0.05, 0.1) is 9.82 Å². The van der Waals surface area contributed by atoms with Crippen molar-refractivity contribution in [1.82, 2.24) is 0 Å². The summed E-state index contributed by atoms with van der Waals surface area (Å²) in [5, 5.41) is 10.9. The molecule has 0 aliphatic carbocycles. The average molecular weight is 376 g/mol. The maximum absolute atomic E-state index is 12.3. The van der Waals surface area contributed by atoms with Crippen molar-refractivity contribution in [1.29, 1.82) is 0 Å². The highest BCUT2D eigenvalue weighted by atomic mass is 32.2. The molecule has 2 aromatic rings. The van der Waals surface area contributed by atoms with Gasteiger partial charge in [-0.2, -0.15) is 0 Å². The standard InChI is InChI=1S/C14H11F3N2O5S/c1-9-2-7-12(8-13(9)19(20)21)25(22,23)18-10-3-5-11(6-4-10)24-14(15,16)17/h2-8,18H,1H3. The van der Waals surface area contributed by atoms with Crippen molar-refractivity contribution >= 4 is 21.4 Å². The molecule has 0 bridgehead atoms. The molecule has 0 aliphatic heterocycles. The number of benzene rings is 2. The smallest absolute Gasteiger partial charge is 0.406 e. The van der Waals surface area contributed by atoms with E-state index in [9.17, 15) is 31.7 Å². The molecule has 7 nitrogen and oxygen atoms in total. The first kappa shape index (κ1) is 18.5. The minimum atomic E-state index is -4.86. The number of rotatable bonds is 5. The van der Waals surface area contributed by atoms with E-state index < -0.39 is 27.1 Å². The van der Waals surface area contributed by atoms with Gasteiger partial charge in [0, 0.05) is 17.3 Å². The van der Waals surface area contributed by atoms with Crippen molar-refractivity contribution in [3.63, 3.8) is 0 Å². The van der Waals surface area contributed by atoms with Crippen LogP contribution in [0.3, 0.4) is 0 Å². The largest absolute Gasteiger partial charge is 0.573 e. The molecular weight excluding hydrogens is 365 g/mol. The summed E-state index contributed by atoms with van der Waals surface area (Å²) >= 11 is 0. The van der Waals surface area contributed by atoms with Gasteiger partial charge in [-0.05, 0) is 37.3 Å². The molecule has 0 spiro atoms. The van der Waals surface area contributed by atoms with E-state index in [2.05, 4.69) is 9.46 Å². The van der Waals surface area contributed by atoms with E-state index >= 15 is 0 Å². The quantitative estimate of drug-likeness (QED) is 0.635. The van der Waals surface area contributed by atoms with Gasteiger partial charge in [0.1, 0.15) is 5.75 Å². The molecule has 0 atom stereocenters. The van der Waals surface area contributed by atoms with Crippen LogP contribution in [0.1, 0.15) is 5.56 Å². The lowest BCUT2D eigenvalue weighted by Gasteiger charge is -2.11. The third-order valence-electron chi connectivity index (χ3n) is 3.03. The van der Waals surface area contributed by atoms with Gasteiger partial charge < -0.3 is 4.74 Å². The van der Waals surface area contributed by atoms with Gasteiger partial charge in [-0.15, -0.1) is 13.2 Å². The van der Waals surface area contributed by atoms with Gasteiger partial charge in [0.25, 0.3) is 15.7 Å². The molecule has 0 heterocycles. The lowest BCUT2D eigenvalue weighted by Crippen LogP contribution is -2.17. The summed E-state index contributed by atoms with van der Waals surface area (Å²) in [6.07, 6.45) is -4.86. The SMILES string of the molecule is Cc1ccc(S(=O)(=O)Nc2ccc(OC(F)(F)F)cc2)cc1[N+](=O)[O-]. The zero-order valence-corrected chi connectivity index (χ0v) is 13.4. The van der Waals surface area contributed by atoms with Crippen LogP contribution in [0, 0.1) is 17.0 Å². The van der Waals surface area contributed by atoms with Crippen LogP contribution in [0.4, 0.5) is 24.5 Å². The normalized spacial score (nSPS) is 11.8. The Kier molecular flexibility index (Phi) is 4.88. The number of halogens is 3. The Balaban J connectivity index is 2.24. The van der Waals surface area contributed by atoms with E-state index in [1.165, 1.54) is 19.1 Å². The number of nitrogens with zero attached hydrogens (tertiary/aromatic N) is 1. The van der Waals surface area contributed by atoms with Crippen LogP contribution in [0.5, 0.6) is 5.75 Å². The van der Waals surface area contributed by atoms with Crippen LogP contribution in [0.25, 0.3) is 0 Å². The average Bonchev–Trinajstić information content (AvgIpc) is 2.47. The van der Waals surface area contributed by atoms with Crippen molar-refractivity contribution in [2.75, 3.05) is 4.72 Å². The minimum Gasteiger partial charge on any atom is -0.406 e. The van der Waals surface area contributed by atoms with Crippen LogP contribution in [0.15, 0.2) is 47.4 Å². The number of nitrogens with one attached hydrogen (secondary N) is 1. The van der Waals surface area contributed by atoms with Gasteiger partial charge in [-0.1, -0.05) is 6.07 Å². The van der Waals surface area contributed by atoms with Crippen molar-refractivity contribution in [2.24, 2.45) is 0 Å². The van der Waals surface area contributed by atoms with Crippen LogP contribution >= 0.6 is 0 Å². The van der Waals surface area contributed by atoms with Gasteiger partial charge in [-0.3, -0.25) is 14.8 Å². The Bertz CT molecular complexity index is 896. The first-order chi connectivity index (χ1) is 11.5. The molecule has 0 fully saturated rings. The van der Waals surface area contributed by atoms with Crippen LogP contribution < -0.4 is 9.46 Å². The molecule has 2 rings (SSSR count). The number of aryl methyl sites for hydroxylation is 1. The second kappa shape index (κ2) is 6.59. The van der Waals surface area contributed by atoms with E-state index in [0.29, 0.717) is 0 Å². The Morgan fingerprint density at radius 2 is 1.72 bits per heavy atom. The Morgan fingerprint density at radius 1 is 1.12 bits per heavy atom. The van der Waals surface area contributed by atoms with E-state index in [1.54, 1.807) is 0 Å². The van der Waals surface area contributed by atoms with Crippen molar-refractivity contribution < 1.29 is 31.2 Å². The predicted molar refractivity (Wildman–Crippen MR) is 81.8 cm³/mol. The minimum absolute atomic E-state index is 0.0299. The summed E-state index contributed by atoms with van der Waals surface area (Å²) in [6.45, 7) is 1.46. The second-order valence-electron chi connectivity index (χ2n) is 4.88. The number of hydrogen-bond acceptors (Lipinski definition) is 5. The molecule has 0 amide bonds. The summed E-state index contributed by atoms with van der Waals surface area (Å²) in [4.78, 5) is 9.84. The second-order valence-corrected chi connectivity index (χ2v) is 6.57. The lowest BCUT2D eigenvalue weighted by atomic mass is 10.2. The molecule has 0 aliphatic rings. The molecule has 2 aromatic carbocycles. The van der Waals surface area contributed by atoms with Crippen molar-refractivity contribution in [2.45, 2.75) is 18.2 Å². The number of sulfonamides is 1. The summed E-state index contributed by atoms with van der Waals surface area (Å²) in [5.74, 6) is -0.513. The fourth-order valence-electron chi connectivity index (χ4n) is 1.89. The topological polar surface area (TPSA) is 98.5 Å². The molecule has 0 radical (unpaired) electrons. The maximum atomic E-state index is 12.3. The Labute approximate surface area is 140 Å². The van der Waals surface area contributed by atoms with E-state index in [4.69, 9.17) is 0 Å². The van der Waals surface area contributed by atoms with Gasteiger partial charge in [0.15, 0.2) is 0 Å². The van der Waals surface area contributed by atoms with Crippen molar-refractivity contribution in [3.05, 3.63) is 58.1 Å². The van der Waals surface area contributed by atoms with E-state index in [0.717, 1.165) is 30.3 Å². The summed E-state index contributed by atoms with van der Waals surface area (Å²) in [7, 11) is -4.15. The Hall–Kier alpha value is -2.82. The zero-order valence-electron chi connectivity index (χ0n) is 12.6. The molecule has 1 N–H and O–H groups in total. The molecular formula is C14H11F3N2O5S. The highest BCUT2D eigenvalue weighted by Gasteiger charge is 2.31. The third-order valence-corrected chi connectivity index (χ3v) is 4.41. The first-order valence-electron chi connectivity index (χ1n) is 6.61. The predicted octanol–water partition coefficient (Wildman–Crippen LogP) is 3.60. The molecule has 0 aromatic heterocycles. The van der Waals surface area contributed by atoms with E-state index in [1.807, 2.05) is 0 Å². The summed E-state index contributed by atoms with van der Waals surface area (Å²) in [6, 6.07) is 7.38. The monoisotopic (exact) mass is 376 g/mol. The maximum Gasteiger partial charge on any atom is 0.573 e. The zero-order chi connectivity index (χ0) is 18.8. The fraction of sp³-hybridized carbons (Fsp3) is 0.143. The van der Waals surface area contributed by atoms with Gasteiger partial charge in [0.2, 0.25) is 0 Å². The number of nitro groups is 1. The summed E-state index contributed by atoms with van der Waals surface area (Å²) in [5.41, 5.74) is -0.104. The number of anilines is 1. The first-order valence-corrected chi connectivity index (χ1v) is 8.10. The van der Waals surface area contributed by atoms with Crippen LogP contribution in [-0.2, 0) is 10.0 Å². The molecule has 0 unspecified atom stereocenters. The molecule has 11 heteroatoms. The highest BCUT2D eigenvalue weighted by Crippen LogP contribution is 2.26. The van der Waals surface area contributed by atoms with E-state index in [-0.39, 0.29) is 21.8 Å². The molecule has 25 heavy (non-hydrogen) atoms. The van der Waals surface area contributed by atoms with Gasteiger partial charge in [-0.25, -0.2) is 8.42 Å². The van der Waals surface area contributed by atoms with Crippen molar-refractivity contribution in [3.8, 4) is 5.75 Å². The lowest BCUT2D eigenvalue weighted by molar-refractivity contribution is -0.385. The molecule has 134 valence electrons. The summed E-state index contributed by atoms with van der Waals surface area (Å²) < 4.78 is 66.6. The Morgan fingerprint density at radius 3 is 2.24 bits per heavy atom. The molecule has 0 saturated carbocycles. The van der Waals surface area contributed by atoms with Gasteiger partial charge >= 0.3 is 6.36 Å². The number of hydrogen-bond donors (Lipinski definition) is 1. The fourth-order valence-corrected chi connectivity index (χ4v) is 2.97.